The summed E-state index contributed by atoms with van der Waals surface area (Å²) in [6.07, 6.45) is 1.27. The van der Waals surface area contributed by atoms with Gasteiger partial charge < -0.3 is 9.47 Å². The van der Waals surface area contributed by atoms with Gasteiger partial charge in [0.05, 0.1) is 12.7 Å². The molecule has 0 amide bonds. The average molecular weight is 234 g/mol. The second-order valence-corrected chi connectivity index (χ2v) is 4.78. The predicted octanol–water partition coefficient (Wildman–Crippen LogP) is 2.80. The molecule has 1 aliphatic heterocycles. The average Bonchev–Trinajstić information content (AvgIpc) is 2.67. The van der Waals surface area contributed by atoms with Gasteiger partial charge in [-0.1, -0.05) is 30.3 Å². The number of ether oxygens (including phenoxy) is 2. The zero-order valence-electron chi connectivity index (χ0n) is 10.3. The minimum absolute atomic E-state index is 0.0395. The second-order valence-electron chi connectivity index (χ2n) is 4.78. The molecule has 1 saturated heterocycles. The Morgan fingerprint density at radius 3 is 2.65 bits per heavy atom. The van der Waals surface area contributed by atoms with Crippen LogP contribution in [0, 0.1) is 0 Å². The third-order valence-electron chi connectivity index (χ3n) is 2.86. The van der Waals surface area contributed by atoms with Crippen molar-refractivity contribution in [2.45, 2.75) is 38.6 Å². The summed E-state index contributed by atoms with van der Waals surface area (Å²) in [4.78, 5) is 11.9. The summed E-state index contributed by atoms with van der Waals surface area (Å²) in [5, 5.41) is 0. The van der Waals surface area contributed by atoms with E-state index in [9.17, 15) is 4.79 Å². The molecule has 0 radical (unpaired) electrons. The molecule has 92 valence electrons. The molecule has 0 bridgehead atoms. The van der Waals surface area contributed by atoms with Crippen LogP contribution in [-0.2, 0) is 9.47 Å². The van der Waals surface area contributed by atoms with E-state index in [0.717, 1.165) is 12.0 Å². The Kier molecular flexibility index (Phi) is 3.60. The van der Waals surface area contributed by atoms with E-state index < -0.39 is 5.79 Å². The topological polar surface area (TPSA) is 35.5 Å². The largest absolute Gasteiger partial charge is 0.348 e. The fraction of sp³-hybridized carbons (Fsp3) is 0.500. The van der Waals surface area contributed by atoms with E-state index in [0.29, 0.717) is 13.0 Å². The number of rotatable bonds is 4. The smallest absolute Gasteiger partial charge is 0.163 e. The Morgan fingerprint density at radius 2 is 2.06 bits per heavy atom. The number of ketones is 1. The number of benzene rings is 1. The van der Waals surface area contributed by atoms with Gasteiger partial charge in [-0.2, -0.15) is 0 Å². The van der Waals surface area contributed by atoms with Crippen LogP contribution in [0.5, 0.6) is 0 Å². The molecule has 1 aromatic rings. The minimum atomic E-state index is -0.500. The fourth-order valence-electron chi connectivity index (χ4n) is 1.97. The number of Topliss-reactive ketones (excluding diaryl/α,β-unsaturated/α-hetero) is 1. The minimum Gasteiger partial charge on any atom is -0.348 e. The molecule has 0 aliphatic carbocycles. The molecule has 3 nitrogen and oxygen atoms in total. The van der Waals surface area contributed by atoms with Gasteiger partial charge in [0.1, 0.15) is 0 Å². The van der Waals surface area contributed by atoms with E-state index in [1.165, 1.54) is 0 Å². The molecule has 1 atom stereocenters. The molecule has 1 fully saturated rings. The van der Waals surface area contributed by atoms with Gasteiger partial charge in [0.15, 0.2) is 11.6 Å². The third kappa shape index (κ3) is 3.38. The van der Waals surface area contributed by atoms with E-state index in [2.05, 4.69) is 0 Å². The van der Waals surface area contributed by atoms with E-state index in [1.807, 2.05) is 44.2 Å². The maximum absolute atomic E-state index is 11.9. The highest BCUT2D eigenvalue weighted by Crippen LogP contribution is 2.25. The second kappa shape index (κ2) is 4.98. The van der Waals surface area contributed by atoms with Crippen molar-refractivity contribution in [3.63, 3.8) is 0 Å². The molecule has 1 unspecified atom stereocenters. The lowest BCUT2D eigenvalue weighted by atomic mass is 10.0. The van der Waals surface area contributed by atoms with Crippen LogP contribution in [0.25, 0.3) is 0 Å². The number of hydrogen-bond donors (Lipinski definition) is 0. The van der Waals surface area contributed by atoms with Gasteiger partial charge in [0, 0.05) is 12.0 Å². The van der Waals surface area contributed by atoms with Crippen LogP contribution >= 0.6 is 0 Å². The van der Waals surface area contributed by atoms with E-state index in [4.69, 9.17) is 9.47 Å². The molecule has 1 aromatic carbocycles. The highest BCUT2D eigenvalue weighted by atomic mass is 16.7. The SMILES string of the molecule is CC1(C)OCC(CCC(=O)c2ccccc2)O1. The first kappa shape index (κ1) is 12.3. The van der Waals surface area contributed by atoms with Crippen molar-refractivity contribution < 1.29 is 14.3 Å². The molecular formula is C14H18O3. The molecule has 1 aliphatic rings. The normalized spacial score (nSPS) is 22.6. The van der Waals surface area contributed by atoms with Gasteiger partial charge in [-0.15, -0.1) is 0 Å². The molecule has 0 spiro atoms. The summed E-state index contributed by atoms with van der Waals surface area (Å²) in [5.41, 5.74) is 0.769. The van der Waals surface area contributed by atoms with Gasteiger partial charge in [-0.3, -0.25) is 4.79 Å². The van der Waals surface area contributed by atoms with E-state index >= 15 is 0 Å². The summed E-state index contributed by atoms with van der Waals surface area (Å²) in [6, 6.07) is 9.36. The quantitative estimate of drug-likeness (QED) is 0.751. The summed E-state index contributed by atoms with van der Waals surface area (Å²) in [7, 11) is 0. The molecule has 0 N–H and O–H groups in total. The predicted molar refractivity (Wildman–Crippen MR) is 64.9 cm³/mol. The first-order valence-electron chi connectivity index (χ1n) is 5.97. The lowest BCUT2D eigenvalue weighted by Crippen LogP contribution is -2.21. The Balaban J connectivity index is 1.82. The van der Waals surface area contributed by atoms with Crippen LogP contribution in [-0.4, -0.2) is 24.3 Å². The van der Waals surface area contributed by atoms with Crippen LogP contribution < -0.4 is 0 Å². The van der Waals surface area contributed by atoms with Crippen molar-refractivity contribution in [1.29, 1.82) is 0 Å². The van der Waals surface area contributed by atoms with E-state index in [1.54, 1.807) is 0 Å². The zero-order valence-corrected chi connectivity index (χ0v) is 10.3. The third-order valence-corrected chi connectivity index (χ3v) is 2.86. The van der Waals surface area contributed by atoms with Crippen molar-refractivity contribution in [2.75, 3.05) is 6.61 Å². The summed E-state index contributed by atoms with van der Waals surface area (Å²) >= 11 is 0. The molecule has 0 saturated carbocycles. The fourth-order valence-corrected chi connectivity index (χ4v) is 1.97. The summed E-state index contributed by atoms with van der Waals surface area (Å²) in [6.45, 7) is 4.37. The van der Waals surface area contributed by atoms with Gasteiger partial charge in [-0.05, 0) is 20.3 Å². The van der Waals surface area contributed by atoms with Gasteiger partial charge in [-0.25, -0.2) is 0 Å². The van der Waals surface area contributed by atoms with Crippen LogP contribution in [0.3, 0.4) is 0 Å². The Labute approximate surface area is 102 Å². The first-order chi connectivity index (χ1) is 8.07. The molecular weight excluding hydrogens is 216 g/mol. The molecule has 3 heteroatoms. The van der Waals surface area contributed by atoms with Crippen LogP contribution in [0.2, 0.25) is 0 Å². The van der Waals surface area contributed by atoms with Gasteiger partial charge >= 0.3 is 0 Å². The summed E-state index contributed by atoms with van der Waals surface area (Å²) < 4.78 is 11.1. The highest BCUT2D eigenvalue weighted by molar-refractivity contribution is 5.95. The van der Waals surface area contributed by atoms with Crippen molar-refractivity contribution in [2.24, 2.45) is 0 Å². The van der Waals surface area contributed by atoms with Crippen molar-refractivity contribution >= 4 is 5.78 Å². The van der Waals surface area contributed by atoms with E-state index in [-0.39, 0.29) is 11.9 Å². The monoisotopic (exact) mass is 234 g/mol. The van der Waals surface area contributed by atoms with Crippen LogP contribution in [0.15, 0.2) is 30.3 Å². The zero-order chi connectivity index (χ0) is 12.3. The Hall–Kier alpha value is -1.19. The standard InChI is InChI=1S/C14H18O3/c1-14(2)16-10-12(17-14)8-9-13(15)11-6-4-3-5-7-11/h3-7,12H,8-10H2,1-2H3. The Bertz CT molecular complexity index is 384. The first-order valence-corrected chi connectivity index (χ1v) is 5.97. The summed E-state index contributed by atoms with van der Waals surface area (Å²) in [5.74, 6) is -0.334. The number of carbonyl (C=O) groups is 1. The molecule has 2 rings (SSSR count). The van der Waals surface area contributed by atoms with Gasteiger partial charge in [0.2, 0.25) is 0 Å². The maximum Gasteiger partial charge on any atom is 0.163 e. The highest BCUT2D eigenvalue weighted by Gasteiger charge is 2.32. The number of hydrogen-bond acceptors (Lipinski definition) is 3. The van der Waals surface area contributed by atoms with Crippen molar-refractivity contribution in [1.82, 2.24) is 0 Å². The van der Waals surface area contributed by atoms with Crippen LogP contribution in [0.1, 0.15) is 37.0 Å². The number of carbonyl (C=O) groups excluding carboxylic acids is 1. The lowest BCUT2D eigenvalue weighted by Gasteiger charge is -2.16. The lowest BCUT2D eigenvalue weighted by molar-refractivity contribution is -0.138. The maximum atomic E-state index is 11.9. The van der Waals surface area contributed by atoms with Gasteiger partial charge in [0.25, 0.3) is 0 Å². The molecule has 0 aromatic heterocycles. The van der Waals surface area contributed by atoms with Crippen LogP contribution in [0.4, 0.5) is 0 Å². The molecule has 1 heterocycles. The molecule has 17 heavy (non-hydrogen) atoms. The Morgan fingerprint density at radius 1 is 1.35 bits per heavy atom. The van der Waals surface area contributed by atoms with Crippen molar-refractivity contribution in [3.8, 4) is 0 Å². The van der Waals surface area contributed by atoms with Crippen molar-refractivity contribution in [3.05, 3.63) is 35.9 Å².